The largest absolute Gasteiger partial charge is 0.507 e. The Labute approximate surface area is 492 Å². The van der Waals surface area contributed by atoms with Crippen molar-refractivity contribution >= 4 is 56.7 Å². The van der Waals surface area contributed by atoms with Crippen LogP contribution < -0.4 is 36.4 Å². The number of halogens is 1. The number of aromatic hydroxyl groups is 2. The second-order valence-electron chi connectivity index (χ2n) is 24.4. The molecule has 1 spiro atoms. The first-order valence-corrected chi connectivity index (χ1v) is 29.4. The lowest BCUT2D eigenvalue weighted by molar-refractivity contribution is -0.160. The van der Waals surface area contributed by atoms with Gasteiger partial charge in [-0.25, -0.2) is 14.2 Å². The number of Topliss-reactive ketones (excluding diaryl/α,β-unsaturated/α-hetero) is 1. The van der Waals surface area contributed by atoms with Crippen molar-refractivity contribution in [3.8, 4) is 17.2 Å². The molecule has 21 nitrogen and oxygen atoms in total. The van der Waals surface area contributed by atoms with Gasteiger partial charge >= 0.3 is 17.7 Å². The van der Waals surface area contributed by atoms with E-state index >= 15 is 0 Å². The van der Waals surface area contributed by atoms with Crippen LogP contribution in [0.1, 0.15) is 120 Å². The van der Waals surface area contributed by atoms with Crippen molar-refractivity contribution in [3.05, 3.63) is 97.9 Å². The number of hydrogen-bond acceptors (Lipinski definition) is 18. The van der Waals surface area contributed by atoms with Crippen LogP contribution in [-0.4, -0.2) is 147 Å². The number of ether oxygens (including phenoxy) is 4. The van der Waals surface area contributed by atoms with Crippen molar-refractivity contribution in [2.45, 2.75) is 137 Å². The summed E-state index contributed by atoms with van der Waals surface area (Å²) in [5, 5.41) is 63.2. The molecule has 4 aromatic rings. The highest BCUT2D eigenvalue weighted by Crippen LogP contribution is 2.51. The summed E-state index contributed by atoms with van der Waals surface area (Å²) in [6, 6.07) is 3.08. The van der Waals surface area contributed by atoms with Gasteiger partial charge < -0.3 is 69.5 Å². The van der Waals surface area contributed by atoms with Crippen LogP contribution in [-0.2, 0) is 23.8 Å². The van der Waals surface area contributed by atoms with Crippen LogP contribution in [0.4, 0.5) is 15.8 Å². The number of hydrogen-bond donors (Lipinski definition) is 7. The molecule has 5 aliphatic heterocycles. The van der Waals surface area contributed by atoms with E-state index in [2.05, 4.69) is 34.4 Å². The van der Waals surface area contributed by atoms with Gasteiger partial charge in [0.15, 0.2) is 5.75 Å². The molecular weight excluding hydrogens is 1100 g/mol. The molecule has 2 saturated heterocycles. The van der Waals surface area contributed by atoms with E-state index in [0.717, 1.165) is 45.6 Å². The van der Waals surface area contributed by atoms with Crippen LogP contribution in [0.3, 0.4) is 0 Å². The van der Waals surface area contributed by atoms with Gasteiger partial charge in [-0.2, -0.15) is 0 Å². The third-order valence-electron chi connectivity index (χ3n) is 17.6. The topological polar surface area (TPSA) is 284 Å². The highest BCUT2D eigenvalue weighted by molar-refractivity contribution is 6.21. The number of anilines is 2. The molecule has 1 saturated carbocycles. The van der Waals surface area contributed by atoms with Crippen molar-refractivity contribution in [1.82, 2.24) is 14.8 Å². The van der Waals surface area contributed by atoms with Gasteiger partial charge in [0.2, 0.25) is 5.43 Å². The van der Waals surface area contributed by atoms with Gasteiger partial charge in [-0.3, -0.25) is 24.2 Å². The Bertz CT molecular complexity index is 3600. The van der Waals surface area contributed by atoms with Gasteiger partial charge in [-0.05, 0) is 50.8 Å². The summed E-state index contributed by atoms with van der Waals surface area (Å²) in [6.45, 7) is 22.5. The van der Waals surface area contributed by atoms with Crippen molar-refractivity contribution < 1.29 is 68.0 Å². The van der Waals surface area contributed by atoms with Crippen molar-refractivity contribution in [2.24, 2.45) is 39.6 Å². The average Bonchev–Trinajstić information content (AvgIpc) is 4.01. The number of ketones is 1. The number of piperazine rings is 1. The van der Waals surface area contributed by atoms with Gasteiger partial charge in [0.05, 0.1) is 52.4 Å². The standard InChI is InChI=1S/C46H62N4O11.C17H18FN3O3/c1-22(2)21-50-18-16-46(17-19-50)48-34-31-32-39(54)28(8)42-33(31)43(56)45(10,61-42)59-20-15-30(58-11)25(5)41(60-29(9)51)27(7)38(53)26(6)37(52)23(3)13-12-14-24(4)44(57)47-36(40(32)55)35(34)49-46;18-13-7-11-14(8-15(13)20-5-3-19-4-6-20)21(10-1-2-10)9-12(16(11)22)17(23)24/h12-15,20,22-23,25-27,30,37-38,41,48,52-55H,16-19,21H2,1-11H3;7-10,19H,1-6H2,(H,23,24)/b13-12+,20-15+,24-14-,47-36?;/t23-,25+,26+,27+,30-,37-,38+,41+,45-;/m0./s1. The zero-order chi connectivity index (χ0) is 61.7. The Hall–Kier alpha value is -7.24. The number of aromatic nitrogens is 1. The number of carbonyl (C=O) groups is 4. The quantitative estimate of drug-likeness (QED) is 0.0786. The van der Waals surface area contributed by atoms with E-state index in [1.807, 2.05) is 9.47 Å². The number of carboxylic acids is 1. The molecule has 9 atom stereocenters. The number of amides is 1. The molecule has 7 N–H and O–H groups in total. The zero-order valence-corrected chi connectivity index (χ0v) is 50.2. The second kappa shape index (κ2) is 24.6. The summed E-state index contributed by atoms with van der Waals surface area (Å²) in [6.07, 6.45) is 8.36. The van der Waals surface area contributed by atoms with E-state index < -0.39 is 100 Å². The molecule has 1 aromatic heterocycles. The van der Waals surface area contributed by atoms with Crippen LogP contribution in [0.15, 0.2) is 69.2 Å². The molecular formula is C63H80FN7O14. The molecule has 4 bridgehead atoms. The number of pyridine rings is 1. The number of phenols is 2. The molecule has 0 unspecified atom stereocenters. The first-order valence-electron chi connectivity index (χ1n) is 29.4. The number of likely N-dealkylation sites (tertiary alicyclic amines) is 1. The highest BCUT2D eigenvalue weighted by Gasteiger charge is 2.51. The zero-order valence-electron chi connectivity index (χ0n) is 50.2. The number of piperidine rings is 1. The minimum absolute atomic E-state index is 0.0538. The van der Waals surface area contributed by atoms with E-state index in [1.54, 1.807) is 71.9 Å². The van der Waals surface area contributed by atoms with E-state index in [9.17, 15) is 53.9 Å². The fourth-order valence-corrected chi connectivity index (χ4v) is 12.6. The van der Waals surface area contributed by atoms with E-state index in [-0.39, 0.29) is 66.7 Å². The van der Waals surface area contributed by atoms with Gasteiger partial charge in [0.25, 0.3) is 11.7 Å². The number of carbonyl (C=O) groups excluding carboxylic acids is 3. The summed E-state index contributed by atoms with van der Waals surface area (Å²) in [5.41, 5.74) is 0.0482. The van der Waals surface area contributed by atoms with E-state index in [1.165, 1.54) is 39.5 Å². The number of rotatable bonds is 7. The lowest BCUT2D eigenvalue weighted by Crippen LogP contribution is -2.47. The predicted octanol–water partition coefficient (Wildman–Crippen LogP) is 6.33. The SMILES string of the molecule is CO[C@H]1/C=C/O[C@@]2(C)Oc3c(C)c(O)c4c(O)c(c5c(c4c3C2=O)NC2(CCN(CC(C)C)CC2)N=5)=NC(=O)/C(C)=C\C=C\[C@H](C)[C@H](O)[C@@H](C)[C@@H](O)[C@@H](C)[C@H](OC(C)=O)[C@@H]1C.O=C(O)c1cn(C2CC2)c2cc(N3CCNCC3)c(F)cc2c1=O. The summed E-state index contributed by atoms with van der Waals surface area (Å²) < 4.78 is 40.4. The second-order valence-corrected chi connectivity index (χ2v) is 24.4. The maximum absolute atomic E-state index is 14.7. The summed E-state index contributed by atoms with van der Waals surface area (Å²) in [7, 11) is 1.47. The van der Waals surface area contributed by atoms with Crippen LogP contribution in [0.2, 0.25) is 0 Å². The summed E-state index contributed by atoms with van der Waals surface area (Å²) in [5.74, 6) is -8.32. The number of phenolic OH excluding ortho intramolecular Hbond substituents is 2. The summed E-state index contributed by atoms with van der Waals surface area (Å²) in [4.78, 5) is 78.6. The minimum Gasteiger partial charge on any atom is -0.507 e. The first-order chi connectivity index (χ1) is 40.2. The third kappa shape index (κ3) is 12.2. The van der Waals surface area contributed by atoms with Gasteiger partial charge in [-0.1, -0.05) is 59.8 Å². The lowest BCUT2D eigenvalue weighted by atomic mass is 9.78. The molecule has 458 valence electrons. The lowest BCUT2D eigenvalue weighted by Gasteiger charge is -2.38. The summed E-state index contributed by atoms with van der Waals surface area (Å²) >= 11 is 0. The fourth-order valence-electron chi connectivity index (χ4n) is 12.6. The fraction of sp³-hybridized carbons (Fsp3) is 0.540. The van der Waals surface area contributed by atoms with Gasteiger partial charge in [-0.15, -0.1) is 0 Å². The first kappa shape index (κ1) is 62.3. The molecule has 10 rings (SSSR count). The average molecular weight is 1180 g/mol. The Morgan fingerprint density at radius 2 is 1.60 bits per heavy atom. The molecule has 1 amide bonds. The van der Waals surface area contributed by atoms with E-state index in [4.69, 9.17) is 23.9 Å². The number of allylic oxidation sites excluding steroid dienone is 2. The molecule has 3 aromatic carbocycles. The smallest absolute Gasteiger partial charge is 0.341 e. The maximum Gasteiger partial charge on any atom is 0.341 e. The van der Waals surface area contributed by atoms with Crippen molar-refractivity contribution in [1.29, 1.82) is 0 Å². The van der Waals surface area contributed by atoms with Gasteiger partial charge in [0.1, 0.15) is 45.4 Å². The number of methoxy groups -OCH3 is 1. The van der Waals surface area contributed by atoms with Gasteiger partial charge in [0, 0.05) is 137 Å². The number of fused-ring (bicyclic) bond motifs is 2. The Kier molecular flexibility index (Phi) is 18.0. The minimum atomic E-state index is -1.95. The number of esters is 1. The monoisotopic (exact) mass is 1180 g/mol. The molecule has 3 fully saturated rings. The molecule has 6 heterocycles. The Morgan fingerprint density at radius 1 is 0.918 bits per heavy atom. The number of aliphatic hydroxyl groups excluding tert-OH is 2. The third-order valence-corrected chi connectivity index (χ3v) is 17.6. The number of nitrogens with one attached hydrogen (secondary N) is 2. The molecule has 0 radical (unpaired) electrons. The number of aromatic carboxylic acids is 1. The molecule has 22 heteroatoms. The maximum atomic E-state index is 14.7. The predicted molar refractivity (Wildman–Crippen MR) is 316 cm³/mol. The molecule has 6 aliphatic rings. The number of nitrogens with zero attached hydrogens (tertiary/aromatic N) is 5. The van der Waals surface area contributed by atoms with Crippen LogP contribution in [0.5, 0.6) is 17.2 Å². The Balaban J connectivity index is 0.000000297. The normalized spacial score (nSPS) is 28.6. The Morgan fingerprint density at radius 3 is 2.22 bits per heavy atom. The number of aliphatic hydroxyl groups is 2. The molecule has 1 aliphatic carbocycles. The van der Waals surface area contributed by atoms with Crippen LogP contribution in [0.25, 0.3) is 21.7 Å². The van der Waals surface area contributed by atoms with Crippen LogP contribution in [0, 0.1) is 42.3 Å². The number of benzene rings is 3. The van der Waals surface area contributed by atoms with Crippen molar-refractivity contribution in [2.75, 3.05) is 63.1 Å². The molecule has 85 heavy (non-hydrogen) atoms. The van der Waals surface area contributed by atoms with Crippen molar-refractivity contribution in [3.63, 3.8) is 0 Å². The van der Waals surface area contributed by atoms with Crippen LogP contribution >= 0.6 is 0 Å². The number of carboxylic acid groups (broad SMARTS) is 1. The highest BCUT2D eigenvalue weighted by atomic mass is 19.1. The van der Waals surface area contributed by atoms with E-state index in [0.29, 0.717) is 48.7 Å².